The topological polar surface area (TPSA) is 33.1 Å². The van der Waals surface area contributed by atoms with Crippen molar-refractivity contribution in [2.75, 3.05) is 0 Å². The van der Waals surface area contributed by atoms with E-state index in [0.717, 1.165) is 25.7 Å². The van der Waals surface area contributed by atoms with Crippen LogP contribution in [-0.4, -0.2) is 10.1 Å². The first kappa shape index (κ1) is 13.1. The Hall–Kier alpha value is -0.940. The number of benzene rings is 1. The summed E-state index contributed by atoms with van der Waals surface area (Å²) < 4.78 is 1.15. The van der Waals surface area contributed by atoms with Gasteiger partial charge < -0.3 is 5.11 Å². The second kappa shape index (κ2) is 5.21. The SMILES string of the molecule is Cc1csc(C(O)Cc2nc3ccccc3s2)c1Cl. The zero-order valence-electron chi connectivity index (χ0n) is 10.3. The third-order valence-electron chi connectivity index (χ3n) is 2.93. The van der Waals surface area contributed by atoms with E-state index in [2.05, 4.69) is 4.98 Å². The van der Waals surface area contributed by atoms with Gasteiger partial charge in [0, 0.05) is 6.42 Å². The molecule has 1 atom stereocenters. The highest BCUT2D eigenvalue weighted by molar-refractivity contribution is 7.18. The lowest BCUT2D eigenvalue weighted by atomic mass is 10.2. The number of thiazole rings is 1. The van der Waals surface area contributed by atoms with Crippen LogP contribution in [0.15, 0.2) is 29.6 Å². The highest BCUT2D eigenvalue weighted by Gasteiger charge is 2.17. The molecule has 2 aromatic heterocycles. The molecule has 0 fully saturated rings. The van der Waals surface area contributed by atoms with Gasteiger partial charge in [-0.25, -0.2) is 4.98 Å². The first-order valence-corrected chi connectivity index (χ1v) is 7.98. The molecular weight excluding hydrogens is 298 g/mol. The molecule has 19 heavy (non-hydrogen) atoms. The van der Waals surface area contributed by atoms with Crippen molar-refractivity contribution in [1.82, 2.24) is 4.98 Å². The predicted octanol–water partition coefficient (Wildman–Crippen LogP) is 4.60. The van der Waals surface area contributed by atoms with Crippen molar-refractivity contribution in [3.63, 3.8) is 0 Å². The summed E-state index contributed by atoms with van der Waals surface area (Å²) in [5.41, 5.74) is 2.01. The number of para-hydroxylation sites is 1. The average Bonchev–Trinajstić information content (AvgIpc) is 2.93. The maximum atomic E-state index is 10.3. The van der Waals surface area contributed by atoms with Gasteiger partial charge in [0.25, 0.3) is 0 Å². The lowest BCUT2D eigenvalue weighted by Gasteiger charge is -2.06. The van der Waals surface area contributed by atoms with Gasteiger partial charge in [0.2, 0.25) is 0 Å². The zero-order chi connectivity index (χ0) is 13.4. The van der Waals surface area contributed by atoms with E-state index in [4.69, 9.17) is 11.6 Å². The molecule has 0 spiro atoms. The van der Waals surface area contributed by atoms with Gasteiger partial charge >= 0.3 is 0 Å². The van der Waals surface area contributed by atoms with Gasteiger partial charge in [-0.3, -0.25) is 0 Å². The first-order chi connectivity index (χ1) is 9.15. The molecule has 0 saturated carbocycles. The predicted molar refractivity (Wildman–Crippen MR) is 82.3 cm³/mol. The van der Waals surface area contributed by atoms with Crippen LogP contribution in [0.1, 0.15) is 21.6 Å². The Morgan fingerprint density at radius 1 is 1.37 bits per heavy atom. The molecule has 1 unspecified atom stereocenters. The van der Waals surface area contributed by atoms with Crippen molar-refractivity contribution < 1.29 is 5.11 Å². The Morgan fingerprint density at radius 3 is 2.84 bits per heavy atom. The Bertz CT molecular complexity index is 686. The van der Waals surface area contributed by atoms with Crippen molar-refractivity contribution in [1.29, 1.82) is 0 Å². The number of aryl methyl sites for hydroxylation is 1. The largest absolute Gasteiger partial charge is 0.387 e. The summed E-state index contributed by atoms with van der Waals surface area (Å²) in [6.45, 7) is 1.95. The molecular formula is C14H12ClNOS2. The van der Waals surface area contributed by atoms with Crippen molar-refractivity contribution >= 4 is 44.5 Å². The van der Waals surface area contributed by atoms with Gasteiger partial charge in [0.15, 0.2) is 0 Å². The Labute approximate surface area is 124 Å². The van der Waals surface area contributed by atoms with Crippen molar-refractivity contribution in [3.05, 3.63) is 50.1 Å². The maximum Gasteiger partial charge on any atom is 0.0968 e. The summed E-state index contributed by atoms with van der Waals surface area (Å²) in [6.07, 6.45) is -0.0642. The summed E-state index contributed by atoms with van der Waals surface area (Å²) in [4.78, 5) is 5.37. The smallest absolute Gasteiger partial charge is 0.0968 e. The quantitative estimate of drug-likeness (QED) is 0.767. The van der Waals surface area contributed by atoms with Crippen molar-refractivity contribution in [2.24, 2.45) is 0 Å². The fourth-order valence-corrected chi connectivity index (χ4v) is 4.25. The molecule has 0 bridgehead atoms. The first-order valence-electron chi connectivity index (χ1n) is 5.91. The molecule has 2 heterocycles. The minimum absolute atomic E-state index is 0.513. The highest BCUT2D eigenvalue weighted by Crippen LogP contribution is 2.35. The fourth-order valence-electron chi connectivity index (χ4n) is 1.94. The molecule has 3 rings (SSSR count). The normalized spacial score (nSPS) is 13.0. The number of aliphatic hydroxyl groups excluding tert-OH is 1. The van der Waals surface area contributed by atoms with E-state index < -0.39 is 6.10 Å². The summed E-state index contributed by atoms with van der Waals surface area (Å²) in [5.74, 6) is 0. The minimum atomic E-state index is -0.577. The summed E-state index contributed by atoms with van der Waals surface area (Å²) in [5, 5.41) is 13.9. The summed E-state index contributed by atoms with van der Waals surface area (Å²) in [7, 11) is 0. The molecule has 0 aliphatic heterocycles. The van der Waals surface area contributed by atoms with E-state index in [1.807, 2.05) is 36.6 Å². The number of hydrogen-bond donors (Lipinski definition) is 1. The van der Waals surface area contributed by atoms with E-state index in [9.17, 15) is 5.11 Å². The molecule has 2 nitrogen and oxygen atoms in total. The number of aliphatic hydroxyl groups is 1. The van der Waals surface area contributed by atoms with Gasteiger partial charge in [0.1, 0.15) is 0 Å². The summed E-state index contributed by atoms with van der Waals surface area (Å²) in [6, 6.07) is 8.01. The van der Waals surface area contributed by atoms with Gasteiger partial charge in [0.05, 0.1) is 31.2 Å². The second-order valence-corrected chi connectivity index (χ2v) is 6.80. The molecule has 3 aromatic rings. The zero-order valence-corrected chi connectivity index (χ0v) is 12.6. The molecule has 1 N–H and O–H groups in total. The minimum Gasteiger partial charge on any atom is -0.387 e. The van der Waals surface area contributed by atoms with E-state index in [1.165, 1.54) is 11.3 Å². The van der Waals surface area contributed by atoms with Crippen LogP contribution in [0, 0.1) is 6.92 Å². The Morgan fingerprint density at radius 2 is 2.16 bits per heavy atom. The molecule has 0 saturated heterocycles. The fraction of sp³-hybridized carbons (Fsp3) is 0.214. The number of fused-ring (bicyclic) bond motifs is 1. The van der Waals surface area contributed by atoms with Gasteiger partial charge in [-0.2, -0.15) is 0 Å². The number of nitrogens with zero attached hydrogens (tertiary/aromatic N) is 1. The van der Waals surface area contributed by atoms with Crippen LogP contribution >= 0.6 is 34.3 Å². The molecule has 98 valence electrons. The number of hydrogen-bond acceptors (Lipinski definition) is 4. The summed E-state index contributed by atoms with van der Waals surface area (Å²) >= 11 is 9.31. The monoisotopic (exact) mass is 309 g/mol. The lowest BCUT2D eigenvalue weighted by molar-refractivity contribution is 0.182. The van der Waals surface area contributed by atoms with Gasteiger partial charge in [-0.15, -0.1) is 22.7 Å². The van der Waals surface area contributed by atoms with Gasteiger partial charge in [-0.05, 0) is 30.0 Å². The van der Waals surface area contributed by atoms with E-state index in [0.29, 0.717) is 11.4 Å². The molecule has 0 amide bonds. The molecule has 5 heteroatoms. The number of thiophene rings is 1. The molecule has 1 aromatic carbocycles. The van der Waals surface area contributed by atoms with E-state index in [1.54, 1.807) is 11.3 Å². The van der Waals surface area contributed by atoms with Crippen LogP contribution < -0.4 is 0 Å². The maximum absolute atomic E-state index is 10.3. The van der Waals surface area contributed by atoms with Crippen molar-refractivity contribution in [2.45, 2.75) is 19.4 Å². The van der Waals surface area contributed by atoms with Crippen LogP contribution in [0.3, 0.4) is 0 Å². The highest BCUT2D eigenvalue weighted by atomic mass is 35.5. The van der Waals surface area contributed by atoms with Crippen molar-refractivity contribution in [3.8, 4) is 0 Å². The average molecular weight is 310 g/mol. The van der Waals surface area contributed by atoms with Crippen LogP contribution in [-0.2, 0) is 6.42 Å². The van der Waals surface area contributed by atoms with Crippen LogP contribution in [0.25, 0.3) is 10.2 Å². The van der Waals surface area contributed by atoms with Crippen LogP contribution in [0.5, 0.6) is 0 Å². The standard InChI is InChI=1S/C14H12ClNOS2/c1-8-7-18-14(13(8)15)10(17)6-12-16-9-4-2-3-5-11(9)19-12/h2-5,7,10,17H,6H2,1H3. The molecule has 0 aliphatic carbocycles. The third-order valence-corrected chi connectivity index (χ3v) is 5.81. The number of rotatable bonds is 3. The number of aromatic nitrogens is 1. The van der Waals surface area contributed by atoms with Crippen LogP contribution in [0.2, 0.25) is 5.02 Å². The molecule has 0 aliphatic rings. The number of halogens is 1. The van der Waals surface area contributed by atoms with E-state index in [-0.39, 0.29) is 0 Å². The second-order valence-electron chi connectivity index (χ2n) is 4.39. The van der Waals surface area contributed by atoms with Crippen LogP contribution in [0.4, 0.5) is 0 Å². The molecule has 0 radical (unpaired) electrons. The van der Waals surface area contributed by atoms with Gasteiger partial charge in [-0.1, -0.05) is 23.7 Å². The Kier molecular flexibility index (Phi) is 3.58. The lowest BCUT2D eigenvalue weighted by Crippen LogP contribution is -1.99. The Balaban J connectivity index is 1.86. The third kappa shape index (κ3) is 2.54. The van der Waals surface area contributed by atoms with E-state index >= 15 is 0 Å².